The average molecular weight is 271 g/mol. The van der Waals surface area contributed by atoms with E-state index in [0.29, 0.717) is 5.69 Å². The van der Waals surface area contributed by atoms with Crippen molar-refractivity contribution in [2.45, 2.75) is 13.8 Å². The Hall–Kier alpha value is -1.31. The molecule has 0 radical (unpaired) electrons. The monoisotopic (exact) mass is 271 g/mol. The van der Waals surface area contributed by atoms with Gasteiger partial charge < -0.3 is 10.0 Å². The van der Waals surface area contributed by atoms with Crippen LogP contribution in [0.4, 0.5) is 5.69 Å². The van der Waals surface area contributed by atoms with Crippen molar-refractivity contribution in [2.75, 3.05) is 11.0 Å². The van der Waals surface area contributed by atoms with Crippen molar-refractivity contribution in [1.82, 2.24) is 0 Å². The first-order chi connectivity index (χ1) is 8.37. The van der Waals surface area contributed by atoms with E-state index in [1.807, 2.05) is 13.8 Å². The summed E-state index contributed by atoms with van der Waals surface area (Å²) in [5.74, 6) is 1.21. The van der Waals surface area contributed by atoms with Crippen LogP contribution in [0.2, 0.25) is 0 Å². The minimum absolute atomic E-state index is 0.462. The van der Waals surface area contributed by atoms with Gasteiger partial charge in [-0.15, -0.1) is 0 Å². The minimum Gasteiger partial charge on any atom is -0.424 e. The van der Waals surface area contributed by atoms with E-state index in [1.54, 1.807) is 24.3 Å². The molecular formula is C11H18BNO4S. The van der Waals surface area contributed by atoms with Crippen LogP contribution >= 0.6 is 0 Å². The number of rotatable bonds is 4. The van der Waals surface area contributed by atoms with Gasteiger partial charge in [-0.3, -0.25) is 4.72 Å². The fourth-order valence-corrected chi connectivity index (χ4v) is 1.64. The van der Waals surface area contributed by atoms with Crippen molar-refractivity contribution in [3.05, 3.63) is 35.8 Å². The predicted octanol–water partition coefficient (Wildman–Crippen LogP) is 1.11. The molecule has 1 aromatic carbocycles. The van der Waals surface area contributed by atoms with Gasteiger partial charge in [-0.2, -0.15) is 0 Å². The standard InChI is InChI=1S/C9H12BNO4S.C2H6/c1-16(14,15)11-9-4-2-8(3-5-9)6-7-10(12)13;1-2/h2-7,11-13H,1H3;1-2H3/b7-6+;. The molecule has 100 valence electrons. The molecular weight excluding hydrogens is 253 g/mol. The summed E-state index contributed by atoms with van der Waals surface area (Å²) in [7, 11) is -4.76. The zero-order valence-electron chi connectivity index (χ0n) is 10.7. The zero-order chi connectivity index (χ0) is 14.2. The van der Waals surface area contributed by atoms with Gasteiger partial charge in [0.25, 0.3) is 0 Å². The van der Waals surface area contributed by atoms with Crippen LogP contribution in [0.15, 0.2) is 30.2 Å². The molecule has 0 unspecified atom stereocenters. The van der Waals surface area contributed by atoms with Gasteiger partial charge >= 0.3 is 7.12 Å². The fraction of sp³-hybridized carbons (Fsp3) is 0.273. The number of anilines is 1. The molecule has 0 heterocycles. The first-order valence-corrected chi connectivity index (χ1v) is 7.38. The molecule has 0 saturated carbocycles. The third-order valence-corrected chi connectivity index (χ3v) is 2.28. The Kier molecular flexibility index (Phi) is 7.34. The maximum absolute atomic E-state index is 10.9. The van der Waals surface area contributed by atoms with E-state index in [1.165, 1.54) is 12.1 Å². The number of hydrogen-bond acceptors (Lipinski definition) is 4. The molecule has 0 aliphatic rings. The molecule has 0 aliphatic carbocycles. The van der Waals surface area contributed by atoms with Gasteiger partial charge in [-0.25, -0.2) is 8.42 Å². The van der Waals surface area contributed by atoms with Gasteiger partial charge in [0.2, 0.25) is 10.0 Å². The Labute approximate surface area is 108 Å². The minimum atomic E-state index is -3.26. The Bertz CT molecular complexity index is 468. The number of benzene rings is 1. The van der Waals surface area contributed by atoms with E-state index in [9.17, 15) is 8.42 Å². The molecule has 0 fully saturated rings. The van der Waals surface area contributed by atoms with E-state index >= 15 is 0 Å². The highest BCUT2D eigenvalue weighted by Crippen LogP contribution is 2.11. The normalized spacial score (nSPS) is 10.7. The summed E-state index contributed by atoms with van der Waals surface area (Å²) in [6.07, 6.45) is 2.60. The lowest BCUT2D eigenvalue weighted by Gasteiger charge is -2.03. The second-order valence-electron chi connectivity index (χ2n) is 3.27. The molecule has 0 amide bonds. The SMILES string of the molecule is CC.CS(=O)(=O)Nc1ccc(/C=C/B(O)O)cc1. The smallest absolute Gasteiger partial charge is 0.424 e. The number of hydrogen-bond donors (Lipinski definition) is 3. The topological polar surface area (TPSA) is 86.6 Å². The van der Waals surface area contributed by atoms with Crippen LogP contribution in [0.3, 0.4) is 0 Å². The van der Waals surface area contributed by atoms with E-state index in [0.717, 1.165) is 11.8 Å². The fourth-order valence-electron chi connectivity index (χ4n) is 1.07. The van der Waals surface area contributed by atoms with Crippen LogP contribution in [0.25, 0.3) is 6.08 Å². The summed E-state index contributed by atoms with van der Waals surface area (Å²) < 4.78 is 24.1. The van der Waals surface area contributed by atoms with Crippen molar-refractivity contribution in [3.63, 3.8) is 0 Å². The molecule has 1 rings (SSSR count). The second-order valence-corrected chi connectivity index (χ2v) is 5.02. The predicted molar refractivity (Wildman–Crippen MR) is 75.5 cm³/mol. The lowest BCUT2D eigenvalue weighted by molar-refractivity contribution is 0.424. The van der Waals surface area contributed by atoms with Crippen molar-refractivity contribution in [3.8, 4) is 0 Å². The van der Waals surface area contributed by atoms with E-state index in [2.05, 4.69) is 4.72 Å². The first kappa shape index (κ1) is 16.7. The molecule has 0 spiro atoms. The van der Waals surface area contributed by atoms with Gasteiger partial charge in [0.15, 0.2) is 0 Å². The molecule has 3 N–H and O–H groups in total. The molecule has 0 saturated heterocycles. The third-order valence-electron chi connectivity index (χ3n) is 1.67. The van der Waals surface area contributed by atoms with E-state index in [4.69, 9.17) is 10.0 Å². The van der Waals surface area contributed by atoms with E-state index < -0.39 is 17.1 Å². The van der Waals surface area contributed by atoms with E-state index in [-0.39, 0.29) is 0 Å². The highest BCUT2D eigenvalue weighted by atomic mass is 32.2. The van der Waals surface area contributed by atoms with Gasteiger partial charge in [-0.1, -0.05) is 38.0 Å². The summed E-state index contributed by atoms with van der Waals surface area (Å²) in [5.41, 5.74) is 1.20. The van der Waals surface area contributed by atoms with Gasteiger partial charge in [0.05, 0.1) is 6.26 Å². The highest BCUT2D eigenvalue weighted by molar-refractivity contribution is 7.92. The number of nitrogens with one attached hydrogen (secondary N) is 1. The summed E-state index contributed by atoms with van der Waals surface area (Å²) in [5, 5.41) is 17.2. The van der Waals surface area contributed by atoms with Crippen molar-refractivity contribution in [2.24, 2.45) is 0 Å². The summed E-state index contributed by atoms with van der Waals surface area (Å²) >= 11 is 0. The Morgan fingerprint density at radius 1 is 1.17 bits per heavy atom. The summed E-state index contributed by atoms with van der Waals surface area (Å²) in [6.45, 7) is 4.00. The molecule has 0 aromatic heterocycles. The van der Waals surface area contributed by atoms with Crippen LogP contribution in [-0.2, 0) is 10.0 Å². The number of sulfonamides is 1. The molecule has 0 bridgehead atoms. The Morgan fingerprint density at radius 3 is 2.06 bits per heavy atom. The highest BCUT2D eigenvalue weighted by Gasteiger charge is 2.01. The lowest BCUT2D eigenvalue weighted by Crippen LogP contribution is -2.09. The molecule has 0 atom stereocenters. The Balaban J connectivity index is 0.00000137. The molecule has 18 heavy (non-hydrogen) atoms. The second kappa shape index (κ2) is 7.91. The van der Waals surface area contributed by atoms with Gasteiger partial charge in [0.1, 0.15) is 0 Å². The van der Waals surface area contributed by atoms with Crippen LogP contribution in [0.5, 0.6) is 0 Å². The largest absolute Gasteiger partial charge is 0.480 e. The first-order valence-electron chi connectivity index (χ1n) is 5.49. The van der Waals surface area contributed by atoms with Crippen molar-refractivity contribution < 1.29 is 18.5 Å². The maximum atomic E-state index is 10.9. The van der Waals surface area contributed by atoms with Crippen LogP contribution < -0.4 is 4.72 Å². The lowest BCUT2D eigenvalue weighted by atomic mass is 9.91. The average Bonchev–Trinajstić information content (AvgIpc) is 2.29. The Morgan fingerprint density at radius 2 is 1.67 bits per heavy atom. The van der Waals surface area contributed by atoms with Crippen LogP contribution in [-0.4, -0.2) is 31.8 Å². The third kappa shape index (κ3) is 7.89. The van der Waals surface area contributed by atoms with Gasteiger partial charge in [-0.05, 0) is 17.7 Å². The summed E-state index contributed by atoms with van der Waals surface area (Å²) in [6, 6.07) is 6.49. The molecule has 7 heteroatoms. The zero-order valence-corrected chi connectivity index (χ0v) is 11.5. The van der Waals surface area contributed by atoms with Gasteiger partial charge in [0, 0.05) is 5.69 Å². The van der Waals surface area contributed by atoms with Crippen LogP contribution in [0.1, 0.15) is 19.4 Å². The molecule has 0 aliphatic heterocycles. The summed E-state index contributed by atoms with van der Waals surface area (Å²) in [4.78, 5) is 0. The van der Waals surface area contributed by atoms with Crippen molar-refractivity contribution >= 4 is 28.9 Å². The van der Waals surface area contributed by atoms with Crippen molar-refractivity contribution in [1.29, 1.82) is 0 Å². The van der Waals surface area contributed by atoms with Crippen LogP contribution in [0, 0.1) is 0 Å². The maximum Gasteiger partial charge on any atom is 0.480 e. The molecule has 5 nitrogen and oxygen atoms in total. The quantitative estimate of drug-likeness (QED) is 0.716. The molecule has 1 aromatic rings.